The fourth-order valence-electron chi connectivity index (χ4n) is 1.11. The molecule has 0 aromatic carbocycles. The van der Waals surface area contributed by atoms with Gasteiger partial charge in [-0.05, 0) is 27.1 Å². The Morgan fingerprint density at radius 1 is 1.62 bits per heavy atom. The molecule has 1 heterocycles. The molecule has 0 saturated carbocycles. The predicted molar refractivity (Wildman–Crippen MR) is 64.1 cm³/mol. The lowest BCUT2D eigenvalue weighted by Crippen LogP contribution is -2.38. The van der Waals surface area contributed by atoms with Crippen LogP contribution >= 0.6 is 0 Å². The van der Waals surface area contributed by atoms with Gasteiger partial charge < -0.3 is 16.0 Å². The van der Waals surface area contributed by atoms with Gasteiger partial charge in [-0.3, -0.25) is 9.78 Å². The summed E-state index contributed by atoms with van der Waals surface area (Å²) in [6, 6.07) is 1.89. The van der Waals surface area contributed by atoms with E-state index in [9.17, 15) is 4.79 Å². The molecular weight excluding hydrogens is 204 g/mol. The molecule has 0 aliphatic rings. The van der Waals surface area contributed by atoms with Crippen LogP contribution in [0.5, 0.6) is 0 Å². The Morgan fingerprint density at radius 2 is 2.31 bits per heavy atom. The Labute approximate surface area is 95.7 Å². The maximum Gasteiger partial charge on any atom is 0.255 e. The van der Waals surface area contributed by atoms with Gasteiger partial charge in [0.25, 0.3) is 5.91 Å². The van der Waals surface area contributed by atoms with Crippen molar-refractivity contribution in [2.75, 3.05) is 26.4 Å². The first-order chi connectivity index (χ1) is 7.52. The summed E-state index contributed by atoms with van der Waals surface area (Å²) in [4.78, 5) is 17.7. The van der Waals surface area contributed by atoms with Crippen molar-refractivity contribution >= 4 is 11.6 Å². The van der Waals surface area contributed by atoms with E-state index in [2.05, 4.69) is 10.3 Å². The summed E-state index contributed by atoms with van der Waals surface area (Å²) < 4.78 is 0. The average Bonchev–Trinajstić information content (AvgIpc) is 2.25. The molecule has 0 bridgehead atoms. The second kappa shape index (κ2) is 5.46. The van der Waals surface area contributed by atoms with Crippen LogP contribution in [0, 0.1) is 0 Å². The van der Waals surface area contributed by atoms with Crippen molar-refractivity contribution in [3.8, 4) is 0 Å². The zero-order chi connectivity index (χ0) is 12.1. The van der Waals surface area contributed by atoms with Crippen molar-refractivity contribution in [2.45, 2.75) is 13.0 Å². The van der Waals surface area contributed by atoms with Crippen LogP contribution in [0.25, 0.3) is 0 Å². The molecule has 5 heteroatoms. The first-order valence-electron chi connectivity index (χ1n) is 5.16. The van der Waals surface area contributed by atoms with Crippen LogP contribution in [0.15, 0.2) is 18.5 Å². The Hall–Kier alpha value is -1.62. The van der Waals surface area contributed by atoms with Gasteiger partial charge in [0.05, 0.1) is 5.56 Å². The van der Waals surface area contributed by atoms with Crippen LogP contribution in [0.2, 0.25) is 0 Å². The lowest BCUT2D eigenvalue weighted by Gasteiger charge is -2.20. The van der Waals surface area contributed by atoms with Crippen molar-refractivity contribution in [1.82, 2.24) is 15.2 Å². The van der Waals surface area contributed by atoms with Gasteiger partial charge in [-0.15, -0.1) is 0 Å². The number of carbonyl (C=O) groups excluding carboxylic acids is 1. The van der Waals surface area contributed by atoms with Crippen LogP contribution in [-0.2, 0) is 0 Å². The fraction of sp³-hybridized carbons (Fsp3) is 0.455. The van der Waals surface area contributed by atoms with Gasteiger partial charge in [0.2, 0.25) is 0 Å². The maximum absolute atomic E-state index is 11.7. The first-order valence-corrected chi connectivity index (χ1v) is 5.16. The van der Waals surface area contributed by atoms with Crippen LogP contribution < -0.4 is 11.1 Å². The minimum Gasteiger partial charge on any atom is -0.398 e. The summed E-state index contributed by atoms with van der Waals surface area (Å²) in [7, 11) is 3.94. The molecule has 1 rings (SSSR count). The van der Waals surface area contributed by atoms with Crippen molar-refractivity contribution < 1.29 is 4.79 Å². The number of amides is 1. The Bertz CT molecular complexity index is 365. The SMILES string of the molecule is CC(CNC(=O)c1cnccc1N)N(C)C. The van der Waals surface area contributed by atoms with Crippen LogP contribution in [-0.4, -0.2) is 42.5 Å². The Balaban J connectivity index is 2.57. The molecule has 0 aliphatic heterocycles. The molecule has 3 N–H and O–H groups in total. The van der Waals surface area contributed by atoms with Crippen molar-refractivity contribution in [3.05, 3.63) is 24.0 Å². The van der Waals surface area contributed by atoms with E-state index in [1.807, 2.05) is 25.9 Å². The number of carbonyl (C=O) groups is 1. The molecule has 0 spiro atoms. The van der Waals surface area contributed by atoms with E-state index in [-0.39, 0.29) is 11.9 Å². The summed E-state index contributed by atoms with van der Waals surface area (Å²) in [5, 5.41) is 2.82. The lowest BCUT2D eigenvalue weighted by molar-refractivity contribution is 0.0944. The van der Waals surface area contributed by atoms with Gasteiger partial charge >= 0.3 is 0 Å². The van der Waals surface area contributed by atoms with Gasteiger partial charge in [0, 0.05) is 30.7 Å². The van der Waals surface area contributed by atoms with Crippen molar-refractivity contribution in [3.63, 3.8) is 0 Å². The van der Waals surface area contributed by atoms with Gasteiger partial charge in [-0.25, -0.2) is 0 Å². The normalized spacial score (nSPS) is 12.5. The van der Waals surface area contributed by atoms with Gasteiger partial charge in [-0.2, -0.15) is 0 Å². The first kappa shape index (κ1) is 12.4. The molecule has 1 aromatic heterocycles. The number of nitrogen functional groups attached to an aromatic ring is 1. The molecule has 1 amide bonds. The Kier molecular flexibility index (Phi) is 4.25. The summed E-state index contributed by atoms with van der Waals surface area (Å²) in [6.07, 6.45) is 3.04. The van der Waals surface area contributed by atoms with Crippen LogP contribution in [0.4, 0.5) is 5.69 Å². The third-order valence-electron chi connectivity index (χ3n) is 2.54. The average molecular weight is 222 g/mol. The van der Waals surface area contributed by atoms with Gasteiger partial charge in [0.15, 0.2) is 0 Å². The standard InChI is InChI=1S/C11H18N4O/c1-8(15(2)3)6-14-11(16)9-7-13-5-4-10(9)12/h4-5,7-8H,6H2,1-3H3,(H2,12,13)(H,14,16). The number of hydrogen-bond donors (Lipinski definition) is 2. The van der Waals surface area contributed by atoms with E-state index in [0.29, 0.717) is 17.8 Å². The van der Waals surface area contributed by atoms with Gasteiger partial charge in [0.1, 0.15) is 0 Å². The summed E-state index contributed by atoms with van der Waals surface area (Å²) in [5.41, 5.74) is 6.55. The number of nitrogens with two attached hydrogens (primary N) is 1. The highest BCUT2D eigenvalue weighted by Crippen LogP contribution is 2.07. The molecule has 88 valence electrons. The molecule has 0 radical (unpaired) electrons. The predicted octanol–water partition coefficient (Wildman–Crippen LogP) is 0.344. The fourth-order valence-corrected chi connectivity index (χ4v) is 1.11. The highest BCUT2D eigenvalue weighted by atomic mass is 16.1. The monoisotopic (exact) mass is 222 g/mol. The van der Waals surface area contributed by atoms with Gasteiger partial charge in [-0.1, -0.05) is 0 Å². The van der Waals surface area contributed by atoms with E-state index in [1.54, 1.807) is 12.3 Å². The number of nitrogens with zero attached hydrogens (tertiary/aromatic N) is 2. The minimum absolute atomic E-state index is 0.181. The number of rotatable bonds is 4. The zero-order valence-corrected chi connectivity index (χ0v) is 9.90. The number of aromatic nitrogens is 1. The van der Waals surface area contributed by atoms with E-state index in [4.69, 9.17) is 5.73 Å². The van der Waals surface area contributed by atoms with E-state index in [0.717, 1.165) is 0 Å². The number of pyridine rings is 1. The molecule has 0 fully saturated rings. The molecule has 16 heavy (non-hydrogen) atoms. The summed E-state index contributed by atoms with van der Waals surface area (Å²) in [6.45, 7) is 2.62. The highest BCUT2D eigenvalue weighted by Gasteiger charge is 2.11. The second-order valence-electron chi connectivity index (χ2n) is 3.99. The summed E-state index contributed by atoms with van der Waals surface area (Å²) >= 11 is 0. The minimum atomic E-state index is -0.181. The number of nitrogens with one attached hydrogen (secondary N) is 1. The maximum atomic E-state index is 11.7. The number of likely N-dealkylation sites (N-methyl/N-ethyl adjacent to an activating group) is 1. The molecular formula is C11H18N4O. The topological polar surface area (TPSA) is 71.2 Å². The lowest BCUT2D eigenvalue weighted by atomic mass is 10.2. The quantitative estimate of drug-likeness (QED) is 0.771. The zero-order valence-electron chi connectivity index (χ0n) is 9.90. The molecule has 5 nitrogen and oxygen atoms in total. The van der Waals surface area contributed by atoms with E-state index in [1.165, 1.54) is 6.20 Å². The largest absolute Gasteiger partial charge is 0.398 e. The second-order valence-corrected chi connectivity index (χ2v) is 3.99. The van der Waals surface area contributed by atoms with Crippen molar-refractivity contribution in [1.29, 1.82) is 0 Å². The van der Waals surface area contributed by atoms with Crippen LogP contribution in [0.3, 0.4) is 0 Å². The number of hydrogen-bond acceptors (Lipinski definition) is 4. The molecule has 0 saturated heterocycles. The smallest absolute Gasteiger partial charge is 0.255 e. The van der Waals surface area contributed by atoms with Crippen molar-refractivity contribution in [2.24, 2.45) is 0 Å². The number of anilines is 1. The molecule has 0 aliphatic carbocycles. The highest BCUT2D eigenvalue weighted by molar-refractivity contribution is 5.98. The van der Waals surface area contributed by atoms with Crippen LogP contribution in [0.1, 0.15) is 17.3 Å². The molecule has 1 atom stereocenters. The molecule has 1 unspecified atom stereocenters. The Morgan fingerprint density at radius 3 is 2.88 bits per heavy atom. The third-order valence-corrected chi connectivity index (χ3v) is 2.54. The summed E-state index contributed by atoms with van der Waals surface area (Å²) in [5.74, 6) is -0.181. The third kappa shape index (κ3) is 3.20. The molecule has 1 aromatic rings. The van der Waals surface area contributed by atoms with E-state index < -0.39 is 0 Å². The van der Waals surface area contributed by atoms with E-state index >= 15 is 0 Å².